The maximum atomic E-state index is 12.7. The number of esters is 2. The number of aromatic nitrogens is 2. The molecule has 0 bridgehead atoms. The van der Waals surface area contributed by atoms with Crippen LogP contribution in [0.1, 0.15) is 64.9 Å². The molecular formula is C29H29N3O9. The van der Waals surface area contributed by atoms with Crippen LogP contribution in [0.15, 0.2) is 60.9 Å². The van der Waals surface area contributed by atoms with Crippen LogP contribution in [0.25, 0.3) is 0 Å². The number of carboxylic acids is 1. The monoisotopic (exact) mass is 563 g/mol. The molecule has 4 rings (SSSR count). The topological polar surface area (TPSA) is 162 Å². The Balaban J connectivity index is 0.000000298. The summed E-state index contributed by atoms with van der Waals surface area (Å²) in [6.07, 6.45) is 3.71. The Labute approximate surface area is 235 Å². The van der Waals surface area contributed by atoms with Gasteiger partial charge in [-0.2, -0.15) is 0 Å². The van der Waals surface area contributed by atoms with Gasteiger partial charge in [0.1, 0.15) is 17.1 Å². The number of benzene rings is 1. The van der Waals surface area contributed by atoms with Crippen LogP contribution in [-0.2, 0) is 9.47 Å². The Morgan fingerprint density at radius 2 is 1.22 bits per heavy atom. The van der Waals surface area contributed by atoms with E-state index in [1.54, 1.807) is 36.3 Å². The molecule has 0 unspecified atom stereocenters. The van der Waals surface area contributed by atoms with Gasteiger partial charge in [-0.1, -0.05) is 0 Å². The molecule has 41 heavy (non-hydrogen) atoms. The summed E-state index contributed by atoms with van der Waals surface area (Å²) in [5.74, 6) is -1.66. The number of methoxy groups -OCH3 is 3. The van der Waals surface area contributed by atoms with Crippen molar-refractivity contribution in [1.29, 1.82) is 0 Å². The minimum atomic E-state index is -1.13. The highest BCUT2D eigenvalue weighted by Crippen LogP contribution is 2.24. The zero-order chi connectivity index (χ0) is 29.9. The zero-order valence-corrected chi connectivity index (χ0v) is 22.7. The van der Waals surface area contributed by atoms with E-state index in [1.807, 2.05) is 0 Å². The first-order valence-electron chi connectivity index (χ1n) is 12.5. The molecule has 1 fully saturated rings. The lowest BCUT2D eigenvalue weighted by Crippen LogP contribution is -2.40. The number of ether oxygens (including phenoxy) is 3. The van der Waals surface area contributed by atoms with E-state index in [0.717, 1.165) is 6.20 Å². The summed E-state index contributed by atoms with van der Waals surface area (Å²) in [6.45, 7) is 0.984. The molecule has 1 amide bonds. The summed E-state index contributed by atoms with van der Waals surface area (Å²) in [5, 5.41) is 8.49. The lowest BCUT2D eigenvalue weighted by molar-refractivity contribution is 0.0590. The molecule has 12 heteroatoms. The second kappa shape index (κ2) is 14.3. The van der Waals surface area contributed by atoms with E-state index >= 15 is 0 Å². The number of piperidine rings is 1. The molecule has 0 aliphatic carbocycles. The number of carboxylic acid groups (broad SMARTS) is 1. The van der Waals surface area contributed by atoms with Crippen LogP contribution in [0.3, 0.4) is 0 Å². The van der Waals surface area contributed by atoms with E-state index in [1.165, 1.54) is 44.7 Å². The number of likely N-dealkylation sites (tertiary alicyclic amines) is 1. The van der Waals surface area contributed by atoms with Gasteiger partial charge in [-0.3, -0.25) is 14.6 Å². The summed E-state index contributed by atoms with van der Waals surface area (Å²) in [5.41, 5.74) is 1.35. The van der Waals surface area contributed by atoms with Gasteiger partial charge in [-0.25, -0.2) is 19.4 Å². The number of ketones is 1. The summed E-state index contributed by atoms with van der Waals surface area (Å²) in [4.78, 5) is 67.3. The average Bonchev–Trinajstić information content (AvgIpc) is 3.03. The van der Waals surface area contributed by atoms with Crippen LogP contribution < -0.4 is 4.74 Å². The fraction of sp³-hybridized carbons (Fsp3) is 0.276. The number of amides is 1. The van der Waals surface area contributed by atoms with E-state index in [9.17, 15) is 24.0 Å². The SMILES string of the molecule is COC(=O)c1ccc(C(=O)N2CCC(C(=O)c3ccc(OC)cc3)CC2)nc1.COC(=O)c1ccc(C(=O)O)nc1. The number of rotatable bonds is 7. The molecule has 0 atom stereocenters. The van der Waals surface area contributed by atoms with Gasteiger partial charge in [-0.05, 0) is 61.4 Å². The molecule has 0 saturated carbocycles. The fourth-order valence-electron chi connectivity index (χ4n) is 4.02. The molecule has 214 valence electrons. The summed E-state index contributed by atoms with van der Waals surface area (Å²) in [6, 6.07) is 12.7. The van der Waals surface area contributed by atoms with Crippen LogP contribution >= 0.6 is 0 Å². The van der Waals surface area contributed by atoms with E-state index in [2.05, 4.69) is 19.4 Å². The fourth-order valence-corrected chi connectivity index (χ4v) is 4.02. The number of nitrogens with zero attached hydrogens (tertiary/aromatic N) is 3. The van der Waals surface area contributed by atoms with Gasteiger partial charge in [0.25, 0.3) is 5.91 Å². The van der Waals surface area contributed by atoms with Crippen molar-refractivity contribution in [2.75, 3.05) is 34.4 Å². The van der Waals surface area contributed by atoms with Gasteiger partial charge in [0.05, 0.1) is 32.5 Å². The third-order valence-electron chi connectivity index (χ3n) is 6.33. The maximum absolute atomic E-state index is 12.7. The number of carbonyl (C=O) groups is 5. The molecule has 1 N–H and O–H groups in total. The summed E-state index contributed by atoms with van der Waals surface area (Å²) < 4.78 is 14.2. The molecule has 3 heterocycles. The molecule has 12 nitrogen and oxygen atoms in total. The Hall–Kier alpha value is -5.13. The normalized spacial score (nSPS) is 12.8. The molecule has 0 spiro atoms. The molecule has 3 aromatic rings. The molecule has 1 aromatic carbocycles. The highest BCUT2D eigenvalue weighted by atomic mass is 16.5. The molecule has 0 radical (unpaired) electrons. The van der Waals surface area contributed by atoms with Crippen LogP contribution in [0.2, 0.25) is 0 Å². The van der Waals surface area contributed by atoms with Crippen LogP contribution in [-0.4, -0.2) is 84.0 Å². The highest BCUT2D eigenvalue weighted by Gasteiger charge is 2.29. The van der Waals surface area contributed by atoms with Crippen molar-refractivity contribution >= 4 is 29.6 Å². The standard InChI is InChI=1S/C21H22N2O5.C8H7NO4/c1-27-17-6-3-14(4-7-17)19(24)15-9-11-23(12-10-15)20(25)18-8-5-16(13-22-18)21(26)28-2;1-13-8(12)5-2-3-6(7(10)11)9-4-5/h3-8,13,15H,9-12H2,1-2H3;2-4H,1H3,(H,10,11). The number of aromatic carboxylic acids is 1. The van der Waals surface area contributed by atoms with E-state index < -0.39 is 17.9 Å². The Morgan fingerprint density at radius 3 is 1.63 bits per heavy atom. The second-order valence-corrected chi connectivity index (χ2v) is 8.81. The molecule has 2 aromatic heterocycles. The van der Waals surface area contributed by atoms with Crippen LogP contribution in [0.4, 0.5) is 0 Å². The Bertz CT molecular complexity index is 1380. The number of pyridine rings is 2. The minimum Gasteiger partial charge on any atom is -0.497 e. The number of Topliss-reactive ketones (excluding diaryl/α,β-unsaturated/α-hetero) is 1. The second-order valence-electron chi connectivity index (χ2n) is 8.81. The Morgan fingerprint density at radius 1 is 0.732 bits per heavy atom. The smallest absolute Gasteiger partial charge is 0.354 e. The minimum absolute atomic E-state index is 0.0929. The first-order chi connectivity index (χ1) is 19.7. The predicted octanol–water partition coefficient (Wildman–Crippen LogP) is 3.18. The number of hydrogen-bond donors (Lipinski definition) is 1. The van der Waals surface area contributed by atoms with Crippen molar-refractivity contribution < 1.29 is 43.3 Å². The van der Waals surface area contributed by atoms with Crippen molar-refractivity contribution in [2.45, 2.75) is 12.8 Å². The summed E-state index contributed by atoms with van der Waals surface area (Å²) >= 11 is 0. The largest absolute Gasteiger partial charge is 0.497 e. The first kappa shape index (κ1) is 30.4. The third kappa shape index (κ3) is 7.94. The molecule has 1 aliphatic heterocycles. The van der Waals surface area contributed by atoms with Crippen molar-refractivity contribution in [3.63, 3.8) is 0 Å². The lowest BCUT2D eigenvalue weighted by Gasteiger charge is -2.31. The number of carbonyl (C=O) groups excluding carboxylic acids is 4. The molecule has 1 aliphatic rings. The van der Waals surface area contributed by atoms with Crippen LogP contribution in [0.5, 0.6) is 5.75 Å². The third-order valence-corrected chi connectivity index (χ3v) is 6.33. The van der Waals surface area contributed by atoms with Crippen LogP contribution in [0, 0.1) is 5.92 Å². The van der Waals surface area contributed by atoms with E-state index in [0.29, 0.717) is 42.8 Å². The summed E-state index contributed by atoms with van der Waals surface area (Å²) in [7, 11) is 4.12. The number of hydrogen-bond acceptors (Lipinski definition) is 10. The van der Waals surface area contributed by atoms with Gasteiger partial charge in [0, 0.05) is 37.0 Å². The first-order valence-corrected chi connectivity index (χ1v) is 12.5. The van der Waals surface area contributed by atoms with Crippen molar-refractivity contribution in [2.24, 2.45) is 5.92 Å². The zero-order valence-electron chi connectivity index (χ0n) is 22.7. The maximum Gasteiger partial charge on any atom is 0.354 e. The van der Waals surface area contributed by atoms with Gasteiger partial charge in [-0.15, -0.1) is 0 Å². The van der Waals surface area contributed by atoms with Gasteiger partial charge in [0.15, 0.2) is 5.78 Å². The van der Waals surface area contributed by atoms with Gasteiger partial charge < -0.3 is 24.2 Å². The predicted molar refractivity (Wildman–Crippen MR) is 144 cm³/mol. The average molecular weight is 564 g/mol. The van der Waals surface area contributed by atoms with Gasteiger partial charge >= 0.3 is 17.9 Å². The van der Waals surface area contributed by atoms with Crippen molar-refractivity contribution in [3.8, 4) is 5.75 Å². The Kier molecular flexibility index (Phi) is 10.6. The van der Waals surface area contributed by atoms with E-state index in [-0.39, 0.29) is 34.6 Å². The van der Waals surface area contributed by atoms with E-state index in [4.69, 9.17) is 9.84 Å². The van der Waals surface area contributed by atoms with Crippen molar-refractivity contribution in [1.82, 2.24) is 14.9 Å². The lowest BCUT2D eigenvalue weighted by atomic mass is 9.88. The van der Waals surface area contributed by atoms with Gasteiger partial charge in [0.2, 0.25) is 0 Å². The van der Waals surface area contributed by atoms with Crippen molar-refractivity contribution in [3.05, 3.63) is 89.0 Å². The molecule has 1 saturated heterocycles. The molecular weight excluding hydrogens is 534 g/mol. The highest BCUT2D eigenvalue weighted by molar-refractivity contribution is 5.98. The quantitative estimate of drug-likeness (QED) is 0.332.